The van der Waals surface area contributed by atoms with Gasteiger partial charge in [-0.2, -0.15) is 0 Å². The molecule has 2 heterocycles. The molecule has 0 radical (unpaired) electrons. The normalized spacial score (nSPS) is 11.5. The van der Waals surface area contributed by atoms with E-state index >= 15 is 0 Å². The molecular formula is C25H21FN4O2. The zero-order valence-electron chi connectivity index (χ0n) is 17.6. The first-order valence-electron chi connectivity index (χ1n) is 10.1. The number of ketones is 1. The molecule has 0 aliphatic heterocycles. The standard InChI is InChI=1S/C25H21FN4O2/c1-14(2)15-3-5-16(6-4-15)24(32)19-9-7-17(11-20(19)26)21-13-29-25-23(30-21)18(12-28-25)8-10-22(27)31/h3-14H,1-2H3,(H2,27,31)(H,28,29). The minimum atomic E-state index is -0.634. The second kappa shape index (κ2) is 8.55. The summed E-state index contributed by atoms with van der Waals surface area (Å²) >= 11 is 0. The fourth-order valence-corrected chi connectivity index (χ4v) is 3.38. The van der Waals surface area contributed by atoms with Gasteiger partial charge in [0.2, 0.25) is 5.91 Å². The first-order valence-corrected chi connectivity index (χ1v) is 10.1. The minimum Gasteiger partial charge on any atom is -0.366 e. The number of H-pyrrole nitrogens is 1. The van der Waals surface area contributed by atoms with Crippen LogP contribution in [0.4, 0.5) is 4.39 Å². The predicted octanol–water partition coefficient (Wildman–Crippen LogP) is 4.62. The number of nitrogens with one attached hydrogen (secondary N) is 1. The molecule has 0 saturated carbocycles. The lowest BCUT2D eigenvalue weighted by Gasteiger charge is -2.08. The van der Waals surface area contributed by atoms with Crippen molar-refractivity contribution in [3.8, 4) is 11.3 Å². The lowest BCUT2D eigenvalue weighted by atomic mass is 9.97. The number of amides is 1. The van der Waals surface area contributed by atoms with Crippen LogP contribution in [0.1, 0.15) is 46.8 Å². The number of nitrogens with zero attached hydrogens (tertiary/aromatic N) is 2. The highest BCUT2D eigenvalue weighted by molar-refractivity contribution is 6.09. The summed E-state index contributed by atoms with van der Waals surface area (Å²) in [5, 5.41) is 0. The van der Waals surface area contributed by atoms with E-state index in [-0.39, 0.29) is 11.3 Å². The number of carbonyl (C=O) groups excluding carboxylic acids is 2. The van der Waals surface area contributed by atoms with Crippen molar-refractivity contribution in [2.24, 2.45) is 5.73 Å². The number of fused-ring (bicyclic) bond motifs is 1. The van der Waals surface area contributed by atoms with Crippen LogP contribution in [-0.4, -0.2) is 26.6 Å². The van der Waals surface area contributed by atoms with E-state index in [4.69, 9.17) is 5.73 Å². The van der Waals surface area contributed by atoms with E-state index in [1.165, 1.54) is 30.5 Å². The number of aromatic amines is 1. The average molecular weight is 428 g/mol. The summed E-state index contributed by atoms with van der Waals surface area (Å²) in [6, 6.07) is 11.6. The molecule has 7 heteroatoms. The van der Waals surface area contributed by atoms with Gasteiger partial charge in [-0.05, 0) is 29.7 Å². The van der Waals surface area contributed by atoms with Crippen molar-refractivity contribution in [1.82, 2.24) is 15.0 Å². The molecule has 160 valence electrons. The lowest BCUT2D eigenvalue weighted by Crippen LogP contribution is -2.05. The number of halogens is 1. The second-order valence-corrected chi connectivity index (χ2v) is 7.73. The van der Waals surface area contributed by atoms with Gasteiger partial charge in [0.25, 0.3) is 0 Å². The number of primary amides is 1. The first-order chi connectivity index (χ1) is 15.3. The third-order valence-electron chi connectivity index (χ3n) is 5.19. The maximum atomic E-state index is 14.9. The number of benzene rings is 2. The highest BCUT2D eigenvalue weighted by Crippen LogP contribution is 2.25. The smallest absolute Gasteiger partial charge is 0.241 e. The molecule has 0 aliphatic rings. The van der Waals surface area contributed by atoms with Gasteiger partial charge >= 0.3 is 0 Å². The maximum Gasteiger partial charge on any atom is 0.241 e. The Balaban J connectivity index is 1.65. The summed E-state index contributed by atoms with van der Waals surface area (Å²) in [6.07, 6.45) is 5.93. The van der Waals surface area contributed by atoms with Crippen LogP contribution in [0, 0.1) is 5.82 Å². The maximum absolute atomic E-state index is 14.9. The number of aromatic nitrogens is 3. The molecule has 0 unspecified atom stereocenters. The zero-order valence-corrected chi connectivity index (χ0v) is 17.6. The molecular weight excluding hydrogens is 407 g/mol. The van der Waals surface area contributed by atoms with Crippen molar-refractivity contribution in [3.63, 3.8) is 0 Å². The van der Waals surface area contributed by atoms with Crippen LogP contribution < -0.4 is 5.73 Å². The van der Waals surface area contributed by atoms with Gasteiger partial charge in [0, 0.05) is 29.0 Å². The van der Waals surface area contributed by atoms with E-state index in [1.54, 1.807) is 24.4 Å². The number of hydrogen-bond acceptors (Lipinski definition) is 4. The SMILES string of the molecule is CC(C)c1ccc(C(=O)c2ccc(-c3cnc4[nH]cc(C=CC(N)=O)c4n3)cc2F)cc1. The number of nitrogens with two attached hydrogens (primary N) is 1. The second-order valence-electron chi connectivity index (χ2n) is 7.73. The topological polar surface area (TPSA) is 102 Å². The van der Waals surface area contributed by atoms with E-state index in [0.717, 1.165) is 5.56 Å². The number of carbonyl (C=O) groups is 2. The summed E-state index contributed by atoms with van der Waals surface area (Å²) < 4.78 is 14.9. The highest BCUT2D eigenvalue weighted by Gasteiger charge is 2.16. The fraction of sp³-hybridized carbons (Fsp3) is 0.120. The molecule has 6 nitrogen and oxygen atoms in total. The molecule has 2 aromatic heterocycles. The third-order valence-corrected chi connectivity index (χ3v) is 5.19. The Morgan fingerprint density at radius 3 is 2.53 bits per heavy atom. The van der Waals surface area contributed by atoms with Crippen LogP contribution in [0.5, 0.6) is 0 Å². The minimum absolute atomic E-state index is 0.00758. The summed E-state index contributed by atoms with van der Waals surface area (Å²) in [5.41, 5.74) is 9.27. The van der Waals surface area contributed by atoms with Crippen LogP contribution in [0.3, 0.4) is 0 Å². The molecule has 4 aromatic rings. The van der Waals surface area contributed by atoms with E-state index in [0.29, 0.717) is 39.5 Å². The molecule has 0 spiro atoms. The van der Waals surface area contributed by atoms with Crippen LogP contribution in [0.25, 0.3) is 28.5 Å². The summed E-state index contributed by atoms with van der Waals surface area (Å²) in [7, 11) is 0. The molecule has 0 bridgehead atoms. The monoisotopic (exact) mass is 428 g/mol. The van der Waals surface area contributed by atoms with Gasteiger partial charge in [-0.3, -0.25) is 9.59 Å². The Labute approximate surface area is 184 Å². The molecule has 0 atom stereocenters. The van der Waals surface area contributed by atoms with Gasteiger partial charge in [-0.1, -0.05) is 44.2 Å². The Morgan fingerprint density at radius 2 is 1.88 bits per heavy atom. The largest absolute Gasteiger partial charge is 0.366 e. The fourth-order valence-electron chi connectivity index (χ4n) is 3.38. The summed E-state index contributed by atoms with van der Waals surface area (Å²) in [4.78, 5) is 35.6. The van der Waals surface area contributed by atoms with Gasteiger partial charge in [0.05, 0.1) is 17.5 Å². The van der Waals surface area contributed by atoms with Crippen molar-refractivity contribution in [2.75, 3.05) is 0 Å². The van der Waals surface area contributed by atoms with Crippen molar-refractivity contribution >= 4 is 28.9 Å². The van der Waals surface area contributed by atoms with Gasteiger partial charge in [-0.15, -0.1) is 0 Å². The van der Waals surface area contributed by atoms with Gasteiger partial charge < -0.3 is 10.7 Å². The number of hydrogen-bond donors (Lipinski definition) is 2. The lowest BCUT2D eigenvalue weighted by molar-refractivity contribution is -0.113. The zero-order chi connectivity index (χ0) is 22.8. The van der Waals surface area contributed by atoms with Gasteiger partial charge in [-0.25, -0.2) is 14.4 Å². The molecule has 3 N–H and O–H groups in total. The van der Waals surface area contributed by atoms with Crippen molar-refractivity contribution in [2.45, 2.75) is 19.8 Å². The van der Waals surface area contributed by atoms with E-state index < -0.39 is 11.7 Å². The molecule has 0 fully saturated rings. The van der Waals surface area contributed by atoms with E-state index in [2.05, 4.69) is 28.8 Å². The van der Waals surface area contributed by atoms with E-state index in [9.17, 15) is 14.0 Å². The molecule has 1 amide bonds. The van der Waals surface area contributed by atoms with Crippen LogP contribution in [0.15, 0.2) is 60.9 Å². The summed E-state index contributed by atoms with van der Waals surface area (Å²) in [5.74, 6) is -1.24. The molecule has 2 aromatic carbocycles. The quantitative estimate of drug-likeness (QED) is 0.346. The van der Waals surface area contributed by atoms with E-state index in [1.807, 2.05) is 12.1 Å². The summed E-state index contributed by atoms with van der Waals surface area (Å²) in [6.45, 7) is 4.14. The molecule has 32 heavy (non-hydrogen) atoms. The van der Waals surface area contributed by atoms with Crippen LogP contribution in [-0.2, 0) is 4.79 Å². The Hall–Kier alpha value is -4.13. The van der Waals surface area contributed by atoms with Crippen molar-refractivity contribution in [3.05, 3.63) is 89.0 Å². The predicted molar refractivity (Wildman–Crippen MR) is 121 cm³/mol. The molecule has 4 rings (SSSR count). The molecule has 0 saturated heterocycles. The first kappa shape index (κ1) is 21.1. The van der Waals surface area contributed by atoms with Crippen LogP contribution >= 0.6 is 0 Å². The van der Waals surface area contributed by atoms with Crippen molar-refractivity contribution in [1.29, 1.82) is 0 Å². The Morgan fingerprint density at radius 1 is 1.12 bits per heavy atom. The highest BCUT2D eigenvalue weighted by atomic mass is 19.1. The third kappa shape index (κ3) is 4.18. The van der Waals surface area contributed by atoms with Gasteiger partial charge in [0.1, 0.15) is 11.3 Å². The van der Waals surface area contributed by atoms with Crippen molar-refractivity contribution < 1.29 is 14.0 Å². The Bertz CT molecular complexity index is 1350. The van der Waals surface area contributed by atoms with Crippen LogP contribution in [0.2, 0.25) is 0 Å². The Kier molecular flexibility index (Phi) is 5.64. The van der Waals surface area contributed by atoms with Gasteiger partial charge in [0.15, 0.2) is 11.4 Å². The average Bonchev–Trinajstić information content (AvgIpc) is 3.19. The molecule has 0 aliphatic carbocycles. The number of rotatable bonds is 6.